The zero-order valence-corrected chi connectivity index (χ0v) is 16.7. The summed E-state index contributed by atoms with van der Waals surface area (Å²) in [6, 6.07) is 3.49. The van der Waals surface area contributed by atoms with Gasteiger partial charge in [0, 0.05) is 5.75 Å². The van der Waals surface area contributed by atoms with Gasteiger partial charge in [-0.15, -0.1) is 11.8 Å². The standard InChI is InChI=1S/C18H21N3O4S2/c1-9(2)8-26-15-11(10-3-4-10)5-6-12(20-15)14(23)21-18(7-13(19)22)16(24)27-17(18)25/h5-6,9-10H,3-4,7-8H2,1-2H3,(H2,19,22)(H,21,23). The summed E-state index contributed by atoms with van der Waals surface area (Å²) in [5.74, 6) is 0.338. The van der Waals surface area contributed by atoms with E-state index in [-0.39, 0.29) is 5.69 Å². The molecule has 0 aromatic carbocycles. The predicted octanol–water partition coefficient (Wildman–Crippen LogP) is 1.85. The van der Waals surface area contributed by atoms with Gasteiger partial charge in [-0.05, 0) is 48.1 Å². The van der Waals surface area contributed by atoms with Crippen molar-refractivity contribution >= 4 is 45.6 Å². The van der Waals surface area contributed by atoms with Crippen LogP contribution in [0.2, 0.25) is 0 Å². The Morgan fingerprint density at radius 1 is 1.33 bits per heavy atom. The fourth-order valence-corrected chi connectivity index (χ4v) is 4.60. The van der Waals surface area contributed by atoms with Crippen LogP contribution in [0.25, 0.3) is 0 Å². The Bertz CT molecular complexity index is 807. The van der Waals surface area contributed by atoms with Crippen molar-refractivity contribution in [2.24, 2.45) is 11.7 Å². The number of pyridine rings is 1. The number of nitrogens with zero attached hydrogens (tertiary/aromatic N) is 1. The van der Waals surface area contributed by atoms with E-state index in [1.165, 1.54) is 0 Å². The van der Waals surface area contributed by atoms with Gasteiger partial charge in [-0.2, -0.15) is 0 Å². The Hall–Kier alpha value is -1.87. The number of carbonyl (C=O) groups excluding carboxylic acids is 4. The summed E-state index contributed by atoms with van der Waals surface area (Å²) in [4.78, 5) is 52.3. The Morgan fingerprint density at radius 3 is 2.52 bits per heavy atom. The number of nitrogens with one attached hydrogen (secondary N) is 1. The van der Waals surface area contributed by atoms with Gasteiger partial charge in [0.1, 0.15) is 10.7 Å². The van der Waals surface area contributed by atoms with Crippen molar-refractivity contribution in [1.29, 1.82) is 0 Å². The molecule has 3 N–H and O–H groups in total. The van der Waals surface area contributed by atoms with Crippen LogP contribution in [-0.2, 0) is 14.4 Å². The normalized spacial score (nSPS) is 18.3. The van der Waals surface area contributed by atoms with E-state index in [2.05, 4.69) is 24.1 Å². The average molecular weight is 408 g/mol. The summed E-state index contributed by atoms with van der Waals surface area (Å²) in [6.45, 7) is 4.22. The zero-order chi connectivity index (χ0) is 19.8. The second kappa shape index (κ2) is 7.63. The topological polar surface area (TPSA) is 119 Å². The highest BCUT2D eigenvalue weighted by molar-refractivity contribution is 8.30. The Balaban J connectivity index is 1.83. The maximum Gasteiger partial charge on any atom is 0.271 e. The van der Waals surface area contributed by atoms with Crippen LogP contribution < -0.4 is 11.1 Å². The van der Waals surface area contributed by atoms with E-state index >= 15 is 0 Å². The summed E-state index contributed by atoms with van der Waals surface area (Å²) in [5, 5.41) is 2.05. The van der Waals surface area contributed by atoms with Crippen molar-refractivity contribution in [1.82, 2.24) is 10.3 Å². The minimum atomic E-state index is -1.87. The molecular formula is C18H21N3O4S2. The van der Waals surface area contributed by atoms with Crippen molar-refractivity contribution in [2.45, 2.75) is 49.6 Å². The summed E-state index contributed by atoms with van der Waals surface area (Å²) in [6.07, 6.45) is 1.69. The molecule has 2 fully saturated rings. The lowest BCUT2D eigenvalue weighted by Gasteiger charge is -2.36. The molecule has 1 saturated carbocycles. The van der Waals surface area contributed by atoms with Gasteiger partial charge in [0.15, 0.2) is 5.54 Å². The molecule has 9 heteroatoms. The summed E-state index contributed by atoms with van der Waals surface area (Å²) >= 11 is 2.08. The second-order valence-electron chi connectivity index (χ2n) is 7.25. The number of hydrogen-bond acceptors (Lipinski definition) is 7. The van der Waals surface area contributed by atoms with Crippen LogP contribution in [0.15, 0.2) is 17.2 Å². The average Bonchev–Trinajstić information content (AvgIpc) is 3.43. The number of aromatic nitrogens is 1. The molecule has 1 aliphatic heterocycles. The lowest BCUT2D eigenvalue weighted by molar-refractivity contribution is -0.134. The maximum absolute atomic E-state index is 12.7. The highest BCUT2D eigenvalue weighted by atomic mass is 32.2. The molecule has 1 aromatic rings. The molecule has 0 atom stereocenters. The third-order valence-electron chi connectivity index (χ3n) is 4.34. The molecule has 2 heterocycles. The molecule has 144 valence electrons. The number of thioether (sulfide) groups is 2. The van der Waals surface area contributed by atoms with Gasteiger partial charge in [0.05, 0.1) is 6.42 Å². The van der Waals surface area contributed by atoms with E-state index < -0.39 is 34.0 Å². The van der Waals surface area contributed by atoms with E-state index in [4.69, 9.17) is 5.73 Å². The molecule has 2 aliphatic rings. The van der Waals surface area contributed by atoms with Crippen LogP contribution in [0.1, 0.15) is 55.1 Å². The Morgan fingerprint density at radius 2 is 2.00 bits per heavy atom. The van der Waals surface area contributed by atoms with Gasteiger partial charge in [0.2, 0.25) is 16.1 Å². The lowest BCUT2D eigenvalue weighted by atomic mass is 9.96. The van der Waals surface area contributed by atoms with Crippen molar-refractivity contribution in [2.75, 3.05) is 5.75 Å². The largest absolute Gasteiger partial charge is 0.370 e. The van der Waals surface area contributed by atoms with E-state index in [0.29, 0.717) is 23.6 Å². The van der Waals surface area contributed by atoms with Crippen molar-refractivity contribution in [3.63, 3.8) is 0 Å². The molecule has 3 rings (SSSR count). The smallest absolute Gasteiger partial charge is 0.271 e. The first-order valence-corrected chi connectivity index (χ1v) is 10.5. The molecular weight excluding hydrogens is 386 g/mol. The second-order valence-corrected chi connectivity index (χ2v) is 9.20. The maximum atomic E-state index is 12.7. The Kier molecular flexibility index (Phi) is 5.62. The third kappa shape index (κ3) is 4.19. The van der Waals surface area contributed by atoms with Gasteiger partial charge in [-0.25, -0.2) is 4.98 Å². The summed E-state index contributed by atoms with van der Waals surface area (Å²) < 4.78 is 0. The van der Waals surface area contributed by atoms with E-state index in [9.17, 15) is 19.2 Å². The minimum absolute atomic E-state index is 0.118. The molecule has 0 unspecified atom stereocenters. The van der Waals surface area contributed by atoms with Crippen molar-refractivity contribution < 1.29 is 19.2 Å². The number of hydrogen-bond donors (Lipinski definition) is 2. The fraction of sp³-hybridized carbons (Fsp3) is 0.500. The first-order chi connectivity index (χ1) is 12.7. The molecule has 0 radical (unpaired) electrons. The van der Waals surface area contributed by atoms with Crippen molar-refractivity contribution in [3.05, 3.63) is 23.4 Å². The predicted molar refractivity (Wildman–Crippen MR) is 103 cm³/mol. The summed E-state index contributed by atoms with van der Waals surface area (Å²) in [5.41, 5.74) is 4.54. The first-order valence-electron chi connectivity index (χ1n) is 8.74. The minimum Gasteiger partial charge on any atom is -0.370 e. The van der Waals surface area contributed by atoms with E-state index in [0.717, 1.165) is 29.2 Å². The quantitative estimate of drug-likeness (QED) is 0.498. The van der Waals surface area contributed by atoms with Gasteiger partial charge < -0.3 is 11.1 Å². The SMILES string of the molecule is CC(C)CSc1nc(C(=O)NC2(CC(N)=O)C(=O)SC2=O)ccc1C1CC1. The summed E-state index contributed by atoms with van der Waals surface area (Å²) in [7, 11) is 0. The number of amides is 2. The van der Waals surface area contributed by atoms with Gasteiger partial charge in [0.25, 0.3) is 5.91 Å². The monoisotopic (exact) mass is 407 g/mol. The van der Waals surface area contributed by atoms with E-state index in [1.807, 2.05) is 6.07 Å². The van der Waals surface area contributed by atoms with Crippen LogP contribution in [0, 0.1) is 5.92 Å². The molecule has 1 aromatic heterocycles. The first kappa shape index (κ1) is 19.9. The van der Waals surface area contributed by atoms with Crippen LogP contribution in [0.5, 0.6) is 0 Å². The van der Waals surface area contributed by atoms with Gasteiger partial charge in [-0.3, -0.25) is 19.2 Å². The fourth-order valence-electron chi connectivity index (χ4n) is 2.75. The lowest BCUT2D eigenvalue weighted by Crippen LogP contribution is -2.66. The molecule has 2 amide bonds. The van der Waals surface area contributed by atoms with Gasteiger partial charge >= 0.3 is 0 Å². The molecule has 0 bridgehead atoms. The molecule has 0 spiro atoms. The third-order valence-corrected chi connectivity index (χ3v) is 6.84. The highest BCUT2D eigenvalue weighted by Gasteiger charge is 2.58. The van der Waals surface area contributed by atoms with Crippen LogP contribution >= 0.6 is 23.5 Å². The van der Waals surface area contributed by atoms with Crippen molar-refractivity contribution in [3.8, 4) is 0 Å². The van der Waals surface area contributed by atoms with Crippen LogP contribution in [-0.4, -0.2) is 38.3 Å². The van der Waals surface area contributed by atoms with Crippen LogP contribution in [0.3, 0.4) is 0 Å². The Labute approximate surface area is 165 Å². The molecule has 27 heavy (non-hydrogen) atoms. The zero-order valence-electron chi connectivity index (χ0n) is 15.1. The molecule has 7 nitrogen and oxygen atoms in total. The van der Waals surface area contributed by atoms with E-state index in [1.54, 1.807) is 17.8 Å². The number of rotatable bonds is 8. The highest BCUT2D eigenvalue weighted by Crippen LogP contribution is 2.44. The number of primary amides is 1. The molecule has 1 aliphatic carbocycles. The molecule has 1 saturated heterocycles. The number of carbonyl (C=O) groups is 4. The van der Waals surface area contributed by atoms with Gasteiger partial charge in [-0.1, -0.05) is 19.9 Å². The number of nitrogens with two attached hydrogens (primary N) is 1. The van der Waals surface area contributed by atoms with Crippen LogP contribution in [0.4, 0.5) is 0 Å².